The Morgan fingerprint density at radius 2 is 2.04 bits per heavy atom. The Hall–Kier alpha value is -2.41. The minimum absolute atomic E-state index is 0.117. The molecule has 7 heteroatoms. The van der Waals surface area contributed by atoms with Crippen LogP contribution < -0.4 is 5.32 Å². The number of carboxylic acids is 1. The van der Waals surface area contributed by atoms with Crippen molar-refractivity contribution < 1.29 is 19.4 Å². The van der Waals surface area contributed by atoms with Gasteiger partial charge >= 0.3 is 12.1 Å². The molecular weight excluding hydrogens is 316 g/mol. The standard InChI is InChI=1S/C16H18N2O4S/c1-11-17-13(10-23-11)16(2,8-14(19)20)18-15(21)22-9-12-6-4-3-5-7-12/h3-7,10H,8-9H2,1-2H3,(H,18,21)(H,19,20). The first kappa shape index (κ1) is 17.0. The zero-order valence-corrected chi connectivity index (χ0v) is 13.7. The maximum absolute atomic E-state index is 12.0. The molecule has 0 aliphatic heterocycles. The predicted octanol–water partition coefficient (Wildman–Crippen LogP) is 3.07. The molecule has 0 fully saturated rings. The molecular formula is C16H18N2O4S. The number of aromatic nitrogens is 1. The molecule has 1 aromatic heterocycles. The Bertz CT molecular complexity index is 686. The number of carbonyl (C=O) groups excluding carboxylic acids is 1. The number of aliphatic carboxylic acids is 1. The highest BCUT2D eigenvalue weighted by atomic mass is 32.1. The summed E-state index contributed by atoms with van der Waals surface area (Å²) in [5, 5.41) is 14.3. The molecule has 23 heavy (non-hydrogen) atoms. The number of carbonyl (C=O) groups is 2. The van der Waals surface area contributed by atoms with Gasteiger partial charge in [-0.15, -0.1) is 11.3 Å². The van der Waals surface area contributed by atoms with Gasteiger partial charge < -0.3 is 15.2 Å². The molecule has 0 aliphatic rings. The normalized spacial score (nSPS) is 13.1. The Labute approximate surface area is 138 Å². The topological polar surface area (TPSA) is 88.5 Å². The molecule has 2 N–H and O–H groups in total. The smallest absolute Gasteiger partial charge is 0.408 e. The molecule has 0 aliphatic carbocycles. The third-order valence-corrected chi connectivity index (χ3v) is 4.05. The maximum atomic E-state index is 12.0. The third-order valence-electron chi connectivity index (χ3n) is 3.28. The summed E-state index contributed by atoms with van der Waals surface area (Å²) >= 11 is 1.40. The maximum Gasteiger partial charge on any atom is 0.408 e. The molecule has 6 nitrogen and oxygen atoms in total. The minimum Gasteiger partial charge on any atom is -0.481 e. The van der Waals surface area contributed by atoms with E-state index in [1.54, 1.807) is 12.3 Å². The van der Waals surface area contributed by atoms with Crippen LogP contribution in [0.2, 0.25) is 0 Å². The molecule has 1 aromatic carbocycles. The Morgan fingerprint density at radius 3 is 2.61 bits per heavy atom. The molecule has 1 amide bonds. The van der Waals surface area contributed by atoms with Gasteiger partial charge in [-0.05, 0) is 19.4 Å². The van der Waals surface area contributed by atoms with Crippen LogP contribution in [0.1, 0.15) is 29.6 Å². The van der Waals surface area contributed by atoms with E-state index in [-0.39, 0.29) is 13.0 Å². The first-order valence-corrected chi connectivity index (χ1v) is 7.90. The van der Waals surface area contributed by atoms with Gasteiger partial charge in [-0.2, -0.15) is 0 Å². The third kappa shape index (κ3) is 4.79. The second-order valence-corrected chi connectivity index (χ2v) is 6.40. The number of hydrogen-bond acceptors (Lipinski definition) is 5. The lowest BCUT2D eigenvalue weighted by atomic mass is 9.94. The van der Waals surface area contributed by atoms with E-state index in [0.717, 1.165) is 10.6 Å². The summed E-state index contributed by atoms with van der Waals surface area (Å²) in [5.41, 5.74) is 0.246. The van der Waals surface area contributed by atoms with Gasteiger partial charge in [0.05, 0.1) is 22.7 Å². The quantitative estimate of drug-likeness (QED) is 0.847. The molecule has 1 heterocycles. The van der Waals surface area contributed by atoms with E-state index in [1.807, 2.05) is 37.3 Å². The summed E-state index contributed by atoms with van der Waals surface area (Å²) in [6.07, 6.45) is -0.959. The minimum atomic E-state index is -1.12. The van der Waals surface area contributed by atoms with E-state index >= 15 is 0 Å². The molecule has 1 unspecified atom stereocenters. The molecule has 0 bridgehead atoms. The molecule has 122 valence electrons. The molecule has 0 spiro atoms. The fourth-order valence-electron chi connectivity index (χ4n) is 2.10. The molecule has 2 aromatic rings. The highest BCUT2D eigenvalue weighted by Gasteiger charge is 2.34. The van der Waals surface area contributed by atoms with Crippen molar-refractivity contribution in [1.82, 2.24) is 10.3 Å². The highest BCUT2D eigenvalue weighted by molar-refractivity contribution is 7.09. The summed E-state index contributed by atoms with van der Waals surface area (Å²) in [5.74, 6) is -1.03. The predicted molar refractivity (Wildman–Crippen MR) is 86.2 cm³/mol. The second kappa shape index (κ2) is 7.23. The zero-order valence-electron chi connectivity index (χ0n) is 12.9. The first-order valence-electron chi connectivity index (χ1n) is 7.02. The van der Waals surface area contributed by atoms with Crippen molar-refractivity contribution in [3.8, 4) is 0 Å². The number of alkyl carbamates (subject to hydrolysis) is 1. The van der Waals surface area contributed by atoms with Gasteiger partial charge in [0.2, 0.25) is 0 Å². The lowest BCUT2D eigenvalue weighted by Gasteiger charge is -2.27. The molecule has 1 atom stereocenters. The van der Waals surface area contributed by atoms with Crippen LogP contribution in [0, 0.1) is 6.92 Å². The van der Waals surface area contributed by atoms with E-state index in [2.05, 4.69) is 10.3 Å². The number of nitrogens with one attached hydrogen (secondary N) is 1. The van der Waals surface area contributed by atoms with Gasteiger partial charge in [-0.25, -0.2) is 9.78 Å². The van der Waals surface area contributed by atoms with E-state index < -0.39 is 17.6 Å². The number of hydrogen-bond donors (Lipinski definition) is 2. The number of rotatable bonds is 6. The van der Waals surface area contributed by atoms with Crippen molar-refractivity contribution in [2.45, 2.75) is 32.4 Å². The summed E-state index contributed by atoms with van der Waals surface area (Å²) in [6, 6.07) is 9.26. The number of amides is 1. The van der Waals surface area contributed by atoms with E-state index in [9.17, 15) is 9.59 Å². The summed E-state index contributed by atoms with van der Waals surface area (Å²) in [4.78, 5) is 27.5. The van der Waals surface area contributed by atoms with Crippen molar-refractivity contribution in [2.75, 3.05) is 0 Å². The van der Waals surface area contributed by atoms with Crippen LogP contribution in [0.25, 0.3) is 0 Å². The SMILES string of the molecule is Cc1nc(C(C)(CC(=O)O)NC(=O)OCc2ccccc2)cs1. The van der Waals surface area contributed by atoms with Crippen LogP contribution in [0.4, 0.5) is 4.79 Å². The van der Waals surface area contributed by atoms with Crippen molar-refractivity contribution in [3.05, 3.63) is 52.0 Å². The van der Waals surface area contributed by atoms with Crippen molar-refractivity contribution in [1.29, 1.82) is 0 Å². The number of aryl methyl sites for hydroxylation is 1. The fourth-order valence-corrected chi connectivity index (χ4v) is 2.85. The van der Waals surface area contributed by atoms with Crippen LogP contribution in [0.5, 0.6) is 0 Å². The molecule has 0 saturated heterocycles. The van der Waals surface area contributed by atoms with Crippen LogP contribution in [0.3, 0.4) is 0 Å². The summed E-state index contributed by atoms with van der Waals surface area (Å²) < 4.78 is 5.17. The number of ether oxygens (including phenoxy) is 1. The average molecular weight is 334 g/mol. The van der Waals surface area contributed by atoms with Gasteiger partial charge in [-0.3, -0.25) is 4.79 Å². The Balaban J connectivity index is 2.05. The molecule has 2 rings (SSSR count). The number of thiazole rings is 1. The van der Waals surface area contributed by atoms with E-state index in [0.29, 0.717) is 5.69 Å². The van der Waals surface area contributed by atoms with Gasteiger partial charge in [0.1, 0.15) is 6.61 Å². The largest absolute Gasteiger partial charge is 0.481 e. The fraction of sp³-hybridized carbons (Fsp3) is 0.312. The lowest BCUT2D eigenvalue weighted by Crippen LogP contribution is -2.45. The Kier molecular flexibility index (Phi) is 5.33. The van der Waals surface area contributed by atoms with Crippen LogP contribution in [-0.2, 0) is 21.7 Å². The van der Waals surface area contributed by atoms with Crippen molar-refractivity contribution in [3.63, 3.8) is 0 Å². The van der Waals surface area contributed by atoms with Crippen LogP contribution >= 0.6 is 11.3 Å². The first-order chi connectivity index (χ1) is 10.9. The number of benzene rings is 1. The lowest BCUT2D eigenvalue weighted by molar-refractivity contribution is -0.138. The van der Waals surface area contributed by atoms with Crippen molar-refractivity contribution in [2.24, 2.45) is 0 Å². The number of carboxylic acid groups (broad SMARTS) is 1. The zero-order chi connectivity index (χ0) is 16.9. The Morgan fingerprint density at radius 1 is 1.35 bits per heavy atom. The number of nitrogens with zero attached hydrogens (tertiary/aromatic N) is 1. The second-order valence-electron chi connectivity index (χ2n) is 5.34. The van der Waals surface area contributed by atoms with Crippen LogP contribution in [-0.4, -0.2) is 22.2 Å². The van der Waals surface area contributed by atoms with E-state index in [4.69, 9.17) is 9.84 Å². The van der Waals surface area contributed by atoms with E-state index in [1.165, 1.54) is 11.3 Å². The van der Waals surface area contributed by atoms with Crippen LogP contribution in [0.15, 0.2) is 35.7 Å². The molecule has 0 radical (unpaired) electrons. The van der Waals surface area contributed by atoms with Gasteiger partial charge in [0, 0.05) is 5.38 Å². The highest BCUT2D eigenvalue weighted by Crippen LogP contribution is 2.26. The van der Waals surface area contributed by atoms with Gasteiger partial charge in [0.25, 0.3) is 0 Å². The molecule has 0 saturated carbocycles. The van der Waals surface area contributed by atoms with Crippen molar-refractivity contribution >= 4 is 23.4 Å². The average Bonchev–Trinajstić information content (AvgIpc) is 2.93. The monoisotopic (exact) mass is 334 g/mol. The summed E-state index contributed by atoms with van der Waals surface area (Å²) in [6.45, 7) is 3.56. The van der Waals surface area contributed by atoms with Gasteiger partial charge in [-0.1, -0.05) is 30.3 Å². The van der Waals surface area contributed by atoms with Gasteiger partial charge in [0.15, 0.2) is 0 Å². The summed E-state index contributed by atoms with van der Waals surface area (Å²) in [7, 11) is 0.